The van der Waals surface area contributed by atoms with Crippen LogP contribution in [-0.2, 0) is 16.0 Å². The number of sulfone groups is 1. The van der Waals surface area contributed by atoms with Gasteiger partial charge in [0.1, 0.15) is 0 Å². The number of nitrogens with one attached hydrogen (secondary N) is 1. The van der Waals surface area contributed by atoms with Crippen molar-refractivity contribution in [3.8, 4) is 0 Å². The number of anilines is 1. The Kier molecular flexibility index (Phi) is 6.07. The van der Waals surface area contributed by atoms with Crippen LogP contribution in [0.3, 0.4) is 0 Å². The third kappa shape index (κ3) is 5.18. The first-order valence-corrected chi connectivity index (χ1v) is 11.5. The van der Waals surface area contributed by atoms with Gasteiger partial charge in [0.2, 0.25) is 5.95 Å². The zero-order valence-corrected chi connectivity index (χ0v) is 17.2. The summed E-state index contributed by atoms with van der Waals surface area (Å²) in [6.07, 6.45) is -1.08. The summed E-state index contributed by atoms with van der Waals surface area (Å²) in [7, 11) is -3.26. The first-order valence-electron chi connectivity index (χ1n) is 9.67. The van der Waals surface area contributed by atoms with Crippen molar-refractivity contribution in [2.24, 2.45) is 11.8 Å². The predicted octanol–water partition coefficient (Wildman–Crippen LogP) is 2.60. The Bertz CT molecular complexity index is 862. The standard InChI is InChI=1S/C18H25F3N4O3S/c1-11-3-4-12(2)14(9-11)23-17-22-10-13(15(24-17)18(19,20)21)16(26)25-5-7-29(27,28)8-6-25/h10-12,14H,3-9H2,1-2H3,(H,22,23,24). The molecule has 1 saturated heterocycles. The van der Waals surface area contributed by atoms with Crippen LogP contribution >= 0.6 is 0 Å². The molecule has 0 spiro atoms. The SMILES string of the molecule is CC1CCC(C)C(Nc2ncc(C(=O)N3CCS(=O)(=O)CC3)c(C(F)(F)F)n2)C1. The lowest BCUT2D eigenvalue weighted by Gasteiger charge is -2.33. The van der Waals surface area contributed by atoms with E-state index in [9.17, 15) is 26.4 Å². The molecule has 1 aromatic heterocycles. The van der Waals surface area contributed by atoms with E-state index in [1.54, 1.807) is 0 Å². The van der Waals surface area contributed by atoms with E-state index in [-0.39, 0.29) is 42.5 Å². The molecule has 11 heteroatoms. The average Bonchev–Trinajstić information content (AvgIpc) is 2.63. The Morgan fingerprint density at radius 3 is 2.48 bits per heavy atom. The van der Waals surface area contributed by atoms with Crippen molar-refractivity contribution in [2.45, 2.75) is 45.3 Å². The molecule has 2 heterocycles. The second kappa shape index (κ2) is 8.08. The lowest BCUT2D eigenvalue weighted by Crippen LogP contribution is -2.44. The van der Waals surface area contributed by atoms with Crippen LogP contribution in [0.4, 0.5) is 19.1 Å². The molecule has 0 radical (unpaired) electrons. The van der Waals surface area contributed by atoms with Crippen molar-refractivity contribution in [1.29, 1.82) is 0 Å². The predicted molar refractivity (Wildman–Crippen MR) is 101 cm³/mol. The number of carbonyl (C=O) groups excluding carboxylic acids is 1. The number of carbonyl (C=O) groups is 1. The molecule has 3 unspecified atom stereocenters. The van der Waals surface area contributed by atoms with Crippen LogP contribution in [-0.4, -0.2) is 59.8 Å². The van der Waals surface area contributed by atoms with Gasteiger partial charge in [-0.15, -0.1) is 0 Å². The highest BCUT2D eigenvalue weighted by atomic mass is 32.2. The van der Waals surface area contributed by atoms with Crippen molar-refractivity contribution in [1.82, 2.24) is 14.9 Å². The number of hydrogen-bond acceptors (Lipinski definition) is 6. The fourth-order valence-corrected chi connectivity index (χ4v) is 5.01. The highest BCUT2D eigenvalue weighted by Gasteiger charge is 2.40. The lowest BCUT2D eigenvalue weighted by atomic mass is 9.80. The molecule has 0 bridgehead atoms. The van der Waals surface area contributed by atoms with Crippen molar-refractivity contribution < 1.29 is 26.4 Å². The molecule has 2 aliphatic rings. The van der Waals surface area contributed by atoms with Gasteiger partial charge in [0.05, 0.1) is 17.1 Å². The first-order chi connectivity index (χ1) is 13.5. The normalized spacial score (nSPS) is 27.5. The summed E-state index contributed by atoms with van der Waals surface area (Å²) in [5.74, 6) is -0.848. The summed E-state index contributed by atoms with van der Waals surface area (Å²) in [6, 6.07) is -0.0336. The number of rotatable bonds is 3. The molecule has 3 rings (SSSR count). The van der Waals surface area contributed by atoms with E-state index in [0.29, 0.717) is 5.92 Å². The Labute approximate surface area is 168 Å². The van der Waals surface area contributed by atoms with Gasteiger partial charge < -0.3 is 10.2 Å². The van der Waals surface area contributed by atoms with E-state index in [0.717, 1.165) is 30.4 Å². The Morgan fingerprint density at radius 1 is 1.21 bits per heavy atom. The van der Waals surface area contributed by atoms with E-state index >= 15 is 0 Å². The van der Waals surface area contributed by atoms with Crippen molar-refractivity contribution in [3.05, 3.63) is 17.5 Å². The molecule has 3 atom stereocenters. The monoisotopic (exact) mass is 434 g/mol. The summed E-state index contributed by atoms with van der Waals surface area (Å²) >= 11 is 0. The third-order valence-electron chi connectivity index (χ3n) is 5.69. The van der Waals surface area contributed by atoms with E-state index in [2.05, 4.69) is 22.2 Å². The van der Waals surface area contributed by atoms with Gasteiger partial charge in [-0.3, -0.25) is 4.79 Å². The summed E-state index contributed by atoms with van der Waals surface area (Å²) in [6.45, 7) is 3.85. The van der Waals surface area contributed by atoms with Crippen LogP contribution in [0.5, 0.6) is 0 Å². The van der Waals surface area contributed by atoms with Crippen molar-refractivity contribution in [2.75, 3.05) is 29.9 Å². The molecular formula is C18H25F3N4O3S. The van der Waals surface area contributed by atoms with Gasteiger partial charge in [0, 0.05) is 25.3 Å². The maximum Gasteiger partial charge on any atom is 0.434 e. The van der Waals surface area contributed by atoms with E-state index in [4.69, 9.17) is 0 Å². The molecule has 162 valence electrons. The second-order valence-electron chi connectivity index (χ2n) is 8.04. The zero-order valence-electron chi connectivity index (χ0n) is 16.4. The fourth-order valence-electron chi connectivity index (χ4n) is 3.81. The summed E-state index contributed by atoms with van der Waals surface area (Å²) < 4.78 is 63.9. The minimum Gasteiger partial charge on any atom is -0.351 e. The summed E-state index contributed by atoms with van der Waals surface area (Å²) in [4.78, 5) is 21.3. The number of nitrogens with zero attached hydrogens (tertiary/aromatic N) is 3. The zero-order chi connectivity index (χ0) is 21.4. The molecule has 1 N–H and O–H groups in total. The highest BCUT2D eigenvalue weighted by molar-refractivity contribution is 7.91. The van der Waals surface area contributed by atoms with Crippen molar-refractivity contribution >= 4 is 21.7 Å². The van der Waals surface area contributed by atoms with Gasteiger partial charge in [-0.2, -0.15) is 13.2 Å². The number of alkyl halides is 3. The molecule has 1 aliphatic heterocycles. The molecule has 1 aromatic rings. The van der Waals surface area contributed by atoms with Crippen LogP contribution in [0.2, 0.25) is 0 Å². The average molecular weight is 434 g/mol. The van der Waals surface area contributed by atoms with Crippen LogP contribution in [0.1, 0.15) is 49.2 Å². The number of hydrogen-bond donors (Lipinski definition) is 1. The molecule has 1 amide bonds. The number of amides is 1. The van der Waals surface area contributed by atoms with Crippen LogP contribution in [0.25, 0.3) is 0 Å². The molecule has 2 fully saturated rings. The van der Waals surface area contributed by atoms with Gasteiger partial charge in [-0.05, 0) is 24.7 Å². The quantitative estimate of drug-likeness (QED) is 0.786. The van der Waals surface area contributed by atoms with Crippen LogP contribution < -0.4 is 5.32 Å². The molecule has 29 heavy (non-hydrogen) atoms. The molecular weight excluding hydrogens is 409 g/mol. The fraction of sp³-hybridized carbons (Fsp3) is 0.722. The lowest BCUT2D eigenvalue weighted by molar-refractivity contribution is -0.141. The van der Waals surface area contributed by atoms with Gasteiger partial charge in [-0.1, -0.05) is 20.3 Å². The molecule has 1 aliphatic carbocycles. The third-order valence-corrected chi connectivity index (χ3v) is 7.30. The maximum atomic E-state index is 13.6. The topological polar surface area (TPSA) is 92.3 Å². The van der Waals surface area contributed by atoms with Crippen LogP contribution in [0.15, 0.2) is 6.20 Å². The molecule has 0 aromatic carbocycles. The van der Waals surface area contributed by atoms with E-state index in [1.165, 1.54) is 0 Å². The Hall–Kier alpha value is -1.91. The van der Waals surface area contributed by atoms with Gasteiger partial charge in [-0.25, -0.2) is 18.4 Å². The number of aromatic nitrogens is 2. The smallest absolute Gasteiger partial charge is 0.351 e. The summed E-state index contributed by atoms with van der Waals surface area (Å²) in [5, 5.41) is 3.00. The molecule has 1 saturated carbocycles. The first kappa shape index (κ1) is 21.8. The largest absolute Gasteiger partial charge is 0.434 e. The van der Waals surface area contributed by atoms with Gasteiger partial charge >= 0.3 is 6.18 Å². The van der Waals surface area contributed by atoms with Crippen LogP contribution in [0, 0.1) is 11.8 Å². The second-order valence-corrected chi connectivity index (χ2v) is 10.3. The summed E-state index contributed by atoms with van der Waals surface area (Å²) in [5.41, 5.74) is -1.96. The Balaban J connectivity index is 1.84. The van der Waals surface area contributed by atoms with Crippen molar-refractivity contribution in [3.63, 3.8) is 0 Å². The minimum atomic E-state index is -4.84. The number of halogens is 3. The highest BCUT2D eigenvalue weighted by Crippen LogP contribution is 2.33. The Morgan fingerprint density at radius 2 is 1.86 bits per heavy atom. The minimum absolute atomic E-state index is 0.0336. The van der Waals surface area contributed by atoms with E-state index in [1.807, 2.05) is 6.92 Å². The van der Waals surface area contributed by atoms with E-state index < -0.39 is 33.2 Å². The maximum absolute atomic E-state index is 13.6. The molecule has 7 nitrogen and oxygen atoms in total. The van der Waals surface area contributed by atoms with Gasteiger partial charge in [0.25, 0.3) is 5.91 Å². The van der Waals surface area contributed by atoms with Gasteiger partial charge in [0.15, 0.2) is 15.5 Å².